The third-order valence-electron chi connectivity index (χ3n) is 1.19. The van der Waals surface area contributed by atoms with Crippen molar-refractivity contribution in [2.75, 3.05) is 11.5 Å². The van der Waals surface area contributed by atoms with E-state index >= 15 is 0 Å². The number of sulfone groups is 1. The Kier molecular flexibility index (Phi) is 4.39. The maximum Gasteiger partial charge on any atom is 0.318 e. The van der Waals surface area contributed by atoms with Crippen LogP contribution in [-0.4, -0.2) is 42.1 Å². The van der Waals surface area contributed by atoms with E-state index in [0.717, 1.165) is 0 Å². The number of rotatable bonds is 6. The second-order valence-electron chi connectivity index (χ2n) is 2.48. The van der Waals surface area contributed by atoms with Crippen LogP contribution >= 0.6 is 0 Å². The van der Waals surface area contributed by atoms with Crippen molar-refractivity contribution in [3.05, 3.63) is 0 Å². The number of carboxylic acid groups (broad SMARTS) is 2. The fraction of sp³-hybridized carbons (Fsp3) is 0.667. The molecule has 0 fully saturated rings. The summed E-state index contributed by atoms with van der Waals surface area (Å²) < 4.78 is 21.7. The highest BCUT2D eigenvalue weighted by atomic mass is 32.2. The molecule has 13 heavy (non-hydrogen) atoms. The van der Waals surface area contributed by atoms with E-state index in [1.807, 2.05) is 0 Å². The van der Waals surface area contributed by atoms with Gasteiger partial charge in [0.1, 0.15) is 5.75 Å². The van der Waals surface area contributed by atoms with Gasteiger partial charge in [-0.3, -0.25) is 9.59 Å². The molecule has 0 aromatic heterocycles. The first kappa shape index (κ1) is 11.9. The minimum absolute atomic E-state index is 0.0506. The monoisotopic (exact) mass is 210 g/mol. The van der Waals surface area contributed by atoms with Crippen molar-refractivity contribution >= 4 is 21.8 Å². The Bertz CT molecular complexity index is 290. The summed E-state index contributed by atoms with van der Waals surface area (Å²) in [6.07, 6.45) is -0.316. The van der Waals surface area contributed by atoms with Crippen LogP contribution < -0.4 is 0 Å². The molecule has 76 valence electrons. The highest BCUT2D eigenvalue weighted by molar-refractivity contribution is 7.92. The molecule has 0 saturated heterocycles. The van der Waals surface area contributed by atoms with Crippen LogP contribution in [0.2, 0.25) is 0 Å². The molecule has 0 heterocycles. The summed E-state index contributed by atoms with van der Waals surface area (Å²) in [5.41, 5.74) is 0. The molecule has 0 aromatic carbocycles. The molecule has 0 saturated carbocycles. The smallest absolute Gasteiger partial charge is 0.318 e. The van der Waals surface area contributed by atoms with Crippen molar-refractivity contribution in [1.29, 1.82) is 0 Å². The average Bonchev–Trinajstić information content (AvgIpc) is 1.81. The van der Waals surface area contributed by atoms with Gasteiger partial charge in [0.15, 0.2) is 9.84 Å². The molecule has 7 heteroatoms. The summed E-state index contributed by atoms with van der Waals surface area (Å²) in [5, 5.41) is 16.3. The number of hydrogen-bond acceptors (Lipinski definition) is 4. The van der Waals surface area contributed by atoms with Gasteiger partial charge < -0.3 is 10.2 Å². The predicted octanol–water partition coefficient (Wildman–Crippen LogP) is -0.649. The Morgan fingerprint density at radius 1 is 1.08 bits per heavy atom. The molecule has 0 spiro atoms. The number of hydrogen-bond donors (Lipinski definition) is 2. The van der Waals surface area contributed by atoms with E-state index in [9.17, 15) is 18.0 Å². The van der Waals surface area contributed by atoms with E-state index < -0.39 is 33.3 Å². The molecule has 0 aliphatic heterocycles. The molecule has 0 aliphatic carbocycles. The van der Waals surface area contributed by atoms with Crippen molar-refractivity contribution < 1.29 is 28.2 Å². The fourth-order valence-corrected chi connectivity index (χ4v) is 1.81. The molecule has 0 bridgehead atoms. The van der Waals surface area contributed by atoms with Crippen LogP contribution in [0.1, 0.15) is 12.8 Å². The normalized spacial score (nSPS) is 11.1. The van der Waals surface area contributed by atoms with Crippen LogP contribution in [0.5, 0.6) is 0 Å². The molecule has 2 N–H and O–H groups in total. The van der Waals surface area contributed by atoms with Crippen LogP contribution in [0, 0.1) is 0 Å². The predicted molar refractivity (Wildman–Crippen MR) is 43.2 cm³/mol. The SMILES string of the molecule is O=C(O)CCCS(=O)(=O)CC(=O)O. The topological polar surface area (TPSA) is 109 Å². The summed E-state index contributed by atoms with van der Waals surface area (Å²) in [6, 6.07) is 0. The lowest BCUT2D eigenvalue weighted by Crippen LogP contribution is -2.18. The fourth-order valence-electron chi connectivity index (χ4n) is 0.704. The molecule has 0 amide bonds. The Labute approximate surface area is 75.1 Å². The largest absolute Gasteiger partial charge is 0.481 e. The molecule has 0 aromatic rings. The second-order valence-corrected chi connectivity index (χ2v) is 4.67. The van der Waals surface area contributed by atoms with E-state index in [1.165, 1.54) is 0 Å². The van der Waals surface area contributed by atoms with Gasteiger partial charge in [0, 0.05) is 6.42 Å². The van der Waals surface area contributed by atoms with Gasteiger partial charge in [-0.2, -0.15) is 0 Å². The van der Waals surface area contributed by atoms with Crippen LogP contribution in [0.25, 0.3) is 0 Å². The average molecular weight is 210 g/mol. The molecule has 6 nitrogen and oxygen atoms in total. The van der Waals surface area contributed by atoms with E-state index in [2.05, 4.69) is 0 Å². The van der Waals surface area contributed by atoms with Crippen LogP contribution in [-0.2, 0) is 19.4 Å². The number of carboxylic acids is 2. The molecular formula is C6H10O6S. The van der Waals surface area contributed by atoms with E-state index in [1.54, 1.807) is 0 Å². The quantitative estimate of drug-likeness (QED) is 0.603. The molecular weight excluding hydrogens is 200 g/mol. The molecule has 0 unspecified atom stereocenters. The van der Waals surface area contributed by atoms with Crippen LogP contribution in [0.3, 0.4) is 0 Å². The minimum Gasteiger partial charge on any atom is -0.481 e. The zero-order valence-corrected chi connectivity index (χ0v) is 7.58. The summed E-state index contributed by atoms with van der Waals surface area (Å²) in [5.74, 6) is -3.85. The van der Waals surface area contributed by atoms with Crippen molar-refractivity contribution in [3.63, 3.8) is 0 Å². The number of carbonyl (C=O) groups is 2. The van der Waals surface area contributed by atoms with Crippen molar-refractivity contribution in [2.45, 2.75) is 12.8 Å². The first-order chi connectivity index (χ1) is 5.83. The first-order valence-electron chi connectivity index (χ1n) is 3.47. The summed E-state index contributed by atoms with van der Waals surface area (Å²) >= 11 is 0. The second kappa shape index (κ2) is 4.80. The van der Waals surface area contributed by atoms with E-state index in [0.29, 0.717) is 0 Å². The zero-order chi connectivity index (χ0) is 10.5. The Balaban J connectivity index is 3.91. The molecule has 0 atom stereocenters. The van der Waals surface area contributed by atoms with Gasteiger partial charge >= 0.3 is 11.9 Å². The Hall–Kier alpha value is -1.11. The minimum atomic E-state index is -3.64. The van der Waals surface area contributed by atoms with Gasteiger partial charge in [0.2, 0.25) is 0 Å². The van der Waals surface area contributed by atoms with Crippen molar-refractivity contribution in [1.82, 2.24) is 0 Å². The van der Waals surface area contributed by atoms with Gasteiger partial charge in [-0.15, -0.1) is 0 Å². The van der Waals surface area contributed by atoms with Crippen LogP contribution in [0.15, 0.2) is 0 Å². The third kappa shape index (κ3) is 7.26. The first-order valence-corrected chi connectivity index (χ1v) is 5.29. The lowest BCUT2D eigenvalue weighted by Gasteiger charge is -1.98. The van der Waals surface area contributed by atoms with Gasteiger partial charge in [0.05, 0.1) is 5.75 Å². The van der Waals surface area contributed by atoms with Gasteiger partial charge in [-0.1, -0.05) is 0 Å². The van der Waals surface area contributed by atoms with Gasteiger partial charge in [0.25, 0.3) is 0 Å². The highest BCUT2D eigenvalue weighted by Gasteiger charge is 2.15. The number of aliphatic carboxylic acids is 2. The highest BCUT2D eigenvalue weighted by Crippen LogP contribution is 1.97. The van der Waals surface area contributed by atoms with Gasteiger partial charge in [-0.25, -0.2) is 8.42 Å². The lowest BCUT2D eigenvalue weighted by molar-refractivity contribution is -0.137. The van der Waals surface area contributed by atoms with Crippen molar-refractivity contribution in [2.24, 2.45) is 0 Å². The van der Waals surface area contributed by atoms with Crippen molar-refractivity contribution in [3.8, 4) is 0 Å². The maximum absolute atomic E-state index is 10.8. The summed E-state index contributed by atoms with van der Waals surface area (Å²) in [6.45, 7) is 0. The maximum atomic E-state index is 10.8. The molecule has 0 aliphatic rings. The Morgan fingerprint density at radius 3 is 2.00 bits per heavy atom. The summed E-state index contributed by atoms with van der Waals surface area (Å²) in [4.78, 5) is 20.0. The zero-order valence-electron chi connectivity index (χ0n) is 6.76. The molecule has 0 radical (unpaired) electrons. The standard InChI is InChI=1S/C6H10O6S/c7-5(8)2-1-3-13(11,12)4-6(9)10/h1-4H2,(H,7,8)(H,9,10). The van der Waals surface area contributed by atoms with Gasteiger partial charge in [-0.05, 0) is 6.42 Å². The third-order valence-corrected chi connectivity index (χ3v) is 2.79. The Morgan fingerprint density at radius 2 is 1.62 bits per heavy atom. The lowest BCUT2D eigenvalue weighted by atomic mass is 10.3. The van der Waals surface area contributed by atoms with Crippen LogP contribution in [0.4, 0.5) is 0 Å². The summed E-state index contributed by atoms with van der Waals surface area (Å²) in [7, 11) is -3.64. The molecule has 0 rings (SSSR count). The van der Waals surface area contributed by atoms with E-state index in [4.69, 9.17) is 10.2 Å². The van der Waals surface area contributed by atoms with E-state index in [-0.39, 0.29) is 12.8 Å².